The second kappa shape index (κ2) is 5.22. The molecular weight excluding hydrogens is 266 g/mol. The second-order valence-electron chi connectivity index (χ2n) is 4.12. The van der Waals surface area contributed by atoms with E-state index in [-0.39, 0.29) is 6.54 Å². The number of hydrogen-bond acceptors (Lipinski definition) is 4. The van der Waals surface area contributed by atoms with E-state index in [0.717, 1.165) is 11.1 Å². The molecule has 1 atom stereocenters. The molecule has 1 heterocycles. The first kappa shape index (κ1) is 13.3. The van der Waals surface area contributed by atoms with E-state index < -0.39 is 15.1 Å². The van der Waals surface area contributed by atoms with Crippen LogP contribution in [0.5, 0.6) is 0 Å². The Bertz CT molecular complexity index is 618. The fourth-order valence-corrected chi connectivity index (χ4v) is 4.68. The number of thiophene rings is 1. The molecule has 0 amide bonds. The Labute approximate surface area is 111 Å². The van der Waals surface area contributed by atoms with E-state index in [1.807, 2.05) is 31.2 Å². The molecule has 2 rings (SSSR count). The van der Waals surface area contributed by atoms with Crippen molar-refractivity contribution in [1.29, 1.82) is 0 Å². The minimum absolute atomic E-state index is 0.0870. The van der Waals surface area contributed by atoms with Crippen molar-refractivity contribution in [2.45, 2.75) is 16.4 Å². The summed E-state index contributed by atoms with van der Waals surface area (Å²) in [6.07, 6.45) is 0. The van der Waals surface area contributed by atoms with Gasteiger partial charge in [0, 0.05) is 6.54 Å². The van der Waals surface area contributed by atoms with Gasteiger partial charge in [-0.2, -0.15) is 0 Å². The number of rotatable bonds is 4. The summed E-state index contributed by atoms with van der Waals surface area (Å²) in [5.74, 6) is 0. The van der Waals surface area contributed by atoms with Crippen molar-refractivity contribution in [2.75, 3.05) is 6.54 Å². The average molecular weight is 281 g/mol. The highest BCUT2D eigenvalue weighted by molar-refractivity contribution is 7.93. The van der Waals surface area contributed by atoms with Gasteiger partial charge in [-0.05, 0) is 23.9 Å². The van der Waals surface area contributed by atoms with Crippen molar-refractivity contribution in [3.8, 4) is 0 Å². The number of benzene rings is 1. The van der Waals surface area contributed by atoms with E-state index >= 15 is 0 Å². The SMILES string of the molecule is Cc1cccc([C@@H](CN)S(=O)(=O)c2cccs2)c1. The maximum atomic E-state index is 12.5. The van der Waals surface area contributed by atoms with Gasteiger partial charge in [0.25, 0.3) is 0 Å². The zero-order valence-electron chi connectivity index (χ0n) is 10.0. The molecule has 1 aromatic carbocycles. The molecule has 0 fully saturated rings. The smallest absolute Gasteiger partial charge is 0.195 e. The summed E-state index contributed by atoms with van der Waals surface area (Å²) in [4.78, 5) is 0. The molecule has 5 heteroatoms. The maximum Gasteiger partial charge on any atom is 0.195 e. The van der Waals surface area contributed by atoms with E-state index in [1.165, 1.54) is 11.3 Å². The number of sulfone groups is 1. The summed E-state index contributed by atoms with van der Waals surface area (Å²) < 4.78 is 25.3. The van der Waals surface area contributed by atoms with Gasteiger partial charge in [-0.25, -0.2) is 8.42 Å². The van der Waals surface area contributed by atoms with Gasteiger partial charge < -0.3 is 5.73 Å². The van der Waals surface area contributed by atoms with Crippen LogP contribution in [0.4, 0.5) is 0 Å². The average Bonchev–Trinajstić information content (AvgIpc) is 2.83. The minimum Gasteiger partial charge on any atom is -0.329 e. The largest absolute Gasteiger partial charge is 0.329 e. The summed E-state index contributed by atoms with van der Waals surface area (Å²) in [6, 6.07) is 10.9. The van der Waals surface area contributed by atoms with Crippen LogP contribution in [0.15, 0.2) is 46.0 Å². The van der Waals surface area contributed by atoms with Gasteiger partial charge in [0.1, 0.15) is 9.46 Å². The van der Waals surface area contributed by atoms with E-state index in [0.29, 0.717) is 4.21 Å². The van der Waals surface area contributed by atoms with Crippen molar-refractivity contribution in [3.63, 3.8) is 0 Å². The number of hydrogen-bond donors (Lipinski definition) is 1. The molecule has 96 valence electrons. The molecule has 1 aromatic heterocycles. The number of nitrogens with two attached hydrogens (primary N) is 1. The Morgan fingerprint density at radius 3 is 2.61 bits per heavy atom. The molecule has 0 spiro atoms. The first-order chi connectivity index (χ1) is 8.55. The lowest BCUT2D eigenvalue weighted by Gasteiger charge is -2.15. The van der Waals surface area contributed by atoms with Gasteiger partial charge >= 0.3 is 0 Å². The Morgan fingerprint density at radius 2 is 2.06 bits per heavy atom. The summed E-state index contributed by atoms with van der Waals surface area (Å²) in [5, 5.41) is 1.09. The van der Waals surface area contributed by atoms with Crippen molar-refractivity contribution >= 4 is 21.2 Å². The summed E-state index contributed by atoms with van der Waals surface area (Å²) in [7, 11) is -3.38. The van der Waals surface area contributed by atoms with E-state index in [1.54, 1.807) is 17.5 Å². The molecule has 2 aromatic rings. The highest BCUT2D eigenvalue weighted by atomic mass is 32.2. The molecule has 0 radical (unpaired) electrons. The zero-order chi connectivity index (χ0) is 13.2. The van der Waals surface area contributed by atoms with Crippen LogP contribution in [0, 0.1) is 6.92 Å². The highest BCUT2D eigenvalue weighted by Gasteiger charge is 2.28. The normalized spacial score (nSPS) is 13.4. The lowest BCUT2D eigenvalue weighted by Crippen LogP contribution is -2.21. The molecule has 3 nitrogen and oxygen atoms in total. The van der Waals surface area contributed by atoms with Crippen LogP contribution in [-0.4, -0.2) is 15.0 Å². The monoisotopic (exact) mass is 281 g/mol. The molecule has 0 aliphatic heterocycles. The van der Waals surface area contributed by atoms with Crippen molar-refractivity contribution in [2.24, 2.45) is 5.73 Å². The lowest BCUT2D eigenvalue weighted by atomic mass is 10.1. The van der Waals surface area contributed by atoms with Gasteiger partial charge in [-0.1, -0.05) is 35.9 Å². The van der Waals surface area contributed by atoms with Crippen molar-refractivity contribution < 1.29 is 8.42 Å². The Kier molecular flexibility index (Phi) is 3.85. The molecule has 0 bridgehead atoms. The van der Waals surface area contributed by atoms with E-state index in [9.17, 15) is 8.42 Å². The highest BCUT2D eigenvalue weighted by Crippen LogP contribution is 2.30. The van der Waals surface area contributed by atoms with E-state index in [2.05, 4.69) is 0 Å². The van der Waals surface area contributed by atoms with Gasteiger partial charge in [-0.3, -0.25) is 0 Å². The predicted molar refractivity (Wildman–Crippen MR) is 74.5 cm³/mol. The third-order valence-corrected chi connectivity index (χ3v) is 6.34. The second-order valence-corrected chi connectivity index (χ2v) is 7.42. The van der Waals surface area contributed by atoms with Crippen LogP contribution in [0.1, 0.15) is 16.4 Å². The van der Waals surface area contributed by atoms with Crippen molar-refractivity contribution in [3.05, 3.63) is 52.9 Å². The zero-order valence-corrected chi connectivity index (χ0v) is 11.7. The number of aryl methyl sites for hydroxylation is 1. The maximum absolute atomic E-state index is 12.5. The molecule has 0 aliphatic rings. The third kappa shape index (κ3) is 2.48. The van der Waals surface area contributed by atoms with Crippen LogP contribution < -0.4 is 5.73 Å². The molecule has 2 N–H and O–H groups in total. The summed E-state index contributed by atoms with van der Waals surface area (Å²) in [6.45, 7) is 2.03. The fourth-order valence-electron chi connectivity index (χ4n) is 1.88. The molecule has 0 saturated carbocycles. The first-order valence-corrected chi connectivity index (χ1v) is 8.02. The lowest BCUT2D eigenvalue weighted by molar-refractivity contribution is 0.584. The Morgan fingerprint density at radius 1 is 1.28 bits per heavy atom. The van der Waals surface area contributed by atoms with Gasteiger partial charge in [0.2, 0.25) is 0 Å². The minimum atomic E-state index is -3.38. The predicted octanol–water partition coefficient (Wildman–Crippen LogP) is 2.53. The molecule has 18 heavy (non-hydrogen) atoms. The van der Waals surface area contributed by atoms with Gasteiger partial charge in [-0.15, -0.1) is 11.3 Å². The standard InChI is InChI=1S/C13H15NO2S2/c1-10-4-2-5-11(8-10)12(9-14)18(15,16)13-6-3-7-17-13/h2-8,12H,9,14H2,1H3/t12-/m1/s1. The summed E-state index contributed by atoms with van der Waals surface area (Å²) in [5.41, 5.74) is 7.46. The third-order valence-electron chi connectivity index (χ3n) is 2.78. The molecule has 0 saturated heterocycles. The summed E-state index contributed by atoms with van der Waals surface area (Å²) >= 11 is 1.23. The van der Waals surface area contributed by atoms with Gasteiger partial charge in [0.15, 0.2) is 9.84 Å². The van der Waals surface area contributed by atoms with Crippen molar-refractivity contribution in [1.82, 2.24) is 0 Å². The molecular formula is C13H15NO2S2. The fraction of sp³-hybridized carbons (Fsp3) is 0.231. The van der Waals surface area contributed by atoms with Crippen LogP contribution in [0.2, 0.25) is 0 Å². The van der Waals surface area contributed by atoms with Gasteiger partial charge in [0.05, 0.1) is 0 Å². The topological polar surface area (TPSA) is 60.2 Å². The van der Waals surface area contributed by atoms with Crippen LogP contribution in [0.25, 0.3) is 0 Å². The Balaban J connectivity index is 2.47. The Hall–Kier alpha value is -1.17. The van der Waals surface area contributed by atoms with E-state index in [4.69, 9.17) is 5.73 Å². The van der Waals surface area contributed by atoms with Crippen LogP contribution in [0.3, 0.4) is 0 Å². The molecule has 0 aliphatic carbocycles. The van der Waals surface area contributed by atoms with Crippen LogP contribution in [-0.2, 0) is 9.84 Å². The molecule has 0 unspecified atom stereocenters. The first-order valence-electron chi connectivity index (χ1n) is 5.59. The quantitative estimate of drug-likeness (QED) is 0.936. The van der Waals surface area contributed by atoms with Crippen LogP contribution >= 0.6 is 11.3 Å².